The molecule has 1 saturated heterocycles. The molecule has 0 spiro atoms. The van der Waals surface area contributed by atoms with Crippen molar-refractivity contribution in [1.82, 2.24) is 14.4 Å². The molecule has 6 nitrogen and oxygen atoms in total. The van der Waals surface area contributed by atoms with E-state index in [-0.39, 0.29) is 11.7 Å². The van der Waals surface area contributed by atoms with Crippen molar-refractivity contribution in [2.75, 3.05) is 18.8 Å². The van der Waals surface area contributed by atoms with E-state index in [2.05, 4.69) is 10.1 Å². The fourth-order valence-corrected chi connectivity index (χ4v) is 4.57. The third-order valence-corrected chi connectivity index (χ3v) is 6.48. The SMILES string of the molecule is CCS(=O)(=O)N1CCC[C@H](Cc2nc(-c3ccsc3)no2)C1. The molecule has 0 amide bonds. The van der Waals surface area contributed by atoms with E-state index in [9.17, 15) is 8.42 Å². The lowest BCUT2D eigenvalue weighted by Crippen LogP contribution is -2.41. The number of aromatic nitrogens is 2. The van der Waals surface area contributed by atoms with Crippen LogP contribution in [0.5, 0.6) is 0 Å². The first-order valence-electron chi connectivity index (χ1n) is 7.41. The van der Waals surface area contributed by atoms with E-state index in [4.69, 9.17) is 4.52 Å². The molecule has 0 radical (unpaired) electrons. The van der Waals surface area contributed by atoms with E-state index >= 15 is 0 Å². The summed E-state index contributed by atoms with van der Waals surface area (Å²) in [5.74, 6) is 1.58. The van der Waals surface area contributed by atoms with Crippen molar-refractivity contribution < 1.29 is 12.9 Å². The van der Waals surface area contributed by atoms with Gasteiger partial charge in [-0.25, -0.2) is 12.7 Å². The lowest BCUT2D eigenvalue weighted by molar-refractivity contribution is 0.247. The van der Waals surface area contributed by atoms with Gasteiger partial charge >= 0.3 is 0 Å². The zero-order chi connectivity index (χ0) is 15.6. The van der Waals surface area contributed by atoms with Gasteiger partial charge in [0.05, 0.1) is 5.75 Å². The monoisotopic (exact) mass is 341 g/mol. The van der Waals surface area contributed by atoms with E-state index < -0.39 is 10.0 Å². The highest BCUT2D eigenvalue weighted by Gasteiger charge is 2.28. The zero-order valence-electron chi connectivity index (χ0n) is 12.4. The van der Waals surface area contributed by atoms with E-state index in [0.29, 0.717) is 31.2 Å². The Hall–Kier alpha value is -1.25. The number of thiophene rings is 1. The molecule has 1 fully saturated rings. The van der Waals surface area contributed by atoms with Gasteiger partial charge in [0.1, 0.15) is 0 Å². The van der Waals surface area contributed by atoms with Crippen molar-refractivity contribution >= 4 is 21.4 Å². The third-order valence-electron chi connectivity index (χ3n) is 3.95. The Labute approximate surface area is 134 Å². The molecular formula is C14H19N3O3S2. The zero-order valence-corrected chi connectivity index (χ0v) is 14.1. The van der Waals surface area contributed by atoms with Gasteiger partial charge in [0, 0.05) is 30.5 Å². The topological polar surface area (TPSA) is 76.3 Å². The van der Waals surface area contributed by atoms with Gasteiger partial charge in [0.25, 0.3) is 0 Å². The number of rotatable bonds is 5. The van der Waals surface area contributed by atoms with Crippen molar-refractivity contribution in [3.05, 3.63) is 22.7 Å². The standard InChI is InChI=1S/C14H19N3O3S2/c1-2-22(18,19)17-6-3-4-11(9-17)8-13-15-14(16-20-13)12-5-7-21-10-12/h5,7,10-11H,2-4,6,8-9H2,1H3/t11-/m1/s1. The summed E-state index contributed by atoms with van der Waals surface area (Å²) >= 11 is 1.59. The molecule has 3 heterocycles. The van der Waals surface area contributed by atoms with Crippen LogP contribution in [-0.2, 0) is 16.4 Å². The molecule has 0 aliphatic carbocycles. The number of sulfonamides is 1. The summed E-state index contributed by atoms with van der Waals surface area (Å²) in [6.45, 7) is 2.85. The average Bonchev–Trinajstić information content (AvgIpc) is 3.18. The molecule has 1 atom stereocenters. The predicted molar refractivity (Wildman–Crippen MR) is 85.1 cm³/mol. The Morgan fingerprint density at radius 2 is 2.36 bits per heavy atom. The summed E-state index contributed by atoms with van der Waals surface area (Å²) in [7, 11) is -3.11. The maximum atomic E-state index is 12.0. The van der Waals surface area contributed by atoms with Crippen LogP contribution in [0.4, 0.5) is 0 Å². The van der Waals surface area contributed by atoms with Gasteiger partial charge in [-0.15, -0.1) is 0 Å². The van der Waals surface area contributed by atoms with Gasteiger partial charge in [0.15, 0.2) is 0 Å². The molecule has 3 rings (SSSR count). The van der Waals surface area contributed by atoms with Crippen molar-refractivity contribution in [2.24, 2.45) is 5.92 Å². The summed E-state index contributed by atoms with van der Waals surface area (Å²) < 4.78 is 30.9. The minimum absolute atomic E-state index is 0.155. The number of hydrogen-bond acceptors (Lipinski definition) is 6. The Kier molecular flexibility index (Phi) is 4.60. The Bertz CT molecular complexity index is 710. The molecule has 1 aliphatic rings. The van der Waals surface area contributed by atoms with Crippen LogP contribution in [-0.4, -0.2) is 41.7 Å². The second-order valence-corrected chi connectivity index (χ2v) is 8.53. The smallest absolute Gasteiger partial charge is 0.227 e. The van der Waals surface area contributed by atoms with Gasteiger partial charge in [-0.1, -0.05) is 5.16 Å². The summed E-state index contributed by atoms with van der Waals surface area (Å²) in [6.07, 6.45) is 2.51. The Balaban J connectivity index is 1.66. The van der Waals surface area contributed by atoms with Crippen LogP contribution in [0.15, 0.2) is 21.3 Å². The molecular weight excluding hydrogens is 322 g/mol. The lowest BCUT2D eigenvalue weighted by Gasteiger charge is -2.30. The van der Waals surface area contributed by atoms with Crippen LogP contribution in [0.1, 0.15) is 25.7 Å². The van der Waals surface area contributed by atoms with E-state index in [0.717, 1.165) is 18.4 Å². The van der Waals surface area contributed by atoms with E-state index in [1.54, 1.807) is 22.6 Å². The first kappa shape index (κ1) is 15.6. The number of piperidine rings is 1. The molecule has 2 aromatic rings. The highest BCUT2D eigenvalue weighted by atomic mass is 32.2. The summed E-state index contributed by atoms with van der Waals surface area (Å²) in [5, 5.41) is 7.95. The molecule has 0 unspecified atom stereocenters. The molecule has 120 valence electrons. The van der Waals surface area contributed by atoms with Gasteiger partial charge < -0.3 is 4.52 Å². The summed E-state index contributed by atoms with van der Waals surface area (Å²) in [4.78, 5) is 4.42. The third kappa shape index (κ3) is 3.39. The van der Waals surface area contributed by atoms with Crippen molar-refractivity contribution in [3.63, 3.8) is 0 Å². The Morgan fingerprint density at radius 3 is 3.09 bits per heavy atom. The maximum absolute atomic E-state index is 12.0. The molecule has 0 aromatic carbocycles. The summed E-state index contributed by atoms with van der Waals surface area (Å²) in [6, 6.07) is 1.95. The maximum Gasteiger partial charge on any atom is 0.227 e. The molecule has 1 aliphatic heterocycles. The van der Waals surface area contributed by atoms with Crippen LogP contribution < -0.4 is 0 Å². The number of nitrogens with zero attached hydrogens (tertiary/aromatic N) is 3. The molecule has 8 heteroatoms. The fourth-order valence-electron chi connectivity index (χ4n) is 2.72. The highest BCUT2D eigenvalue weighted by Crippen LogP contribution is 2.24. The minimum Gasteiger partial charge on any atom is -0.339 e. The first-order chi connectivity index (χ1) is 10.6. The van der Waals surface area contributed by atoms with Crippen LogP contribution in [0, 0.1) is 5.92 Å². The van der Waals surface area contributed by atoms with Crippen molar-refractivity contribution in [1.29, 1.82) is 0 Å². The van der Waals surface area contributed by atoms with Crippen LogP contribution in [0.25, 0.3) is 11.4 Å². The Morgan fingerprint density at radius 1 is 1.50 bits per heavy atom. The second kappa shape index (κ2) is 6.47. The van der Waals surface area contributed by atoms with Crippen LogP contribution >= 0.6 is 11.3 Å². The second-order valence-electron chi connectivity index (χ2n) is 5.49. The van der Waals surface area contributed by atoms with E-state index in [1.165, 1.54) is 0 Å². The summed E-state index contributed by atoms with van der Waals surface area (Å²) in [5.41, 5.74) is 0.957. The molecule has 2 aromatic heterocycles. The van der Waals surface area contributed by atoms with Gasteiger partial charge in [-0.2, -0.15) is 16.3 Å². The van der Waals surface area contributed by atoms with Gasteiger partial charge in [-0.3, -0.25) is 0 Å². The van der Waals surface area contributed by atoms with Gasteiger partial charge in [0.2, 0.25) is 21.7 Å². The quantitative estimate of drug-likeness (QED) is 0.834. The normalized spacial score (nSPS) is 20.3. The molecule has 0 bridgehead atoms. The van der Waals surface area contributed by atoms with Crippen molar-refractivity contribution in [2.45, 2.75) is 26.2 Å². The minimum atomic E-state index is -3.11. The number of hydrogen-bond donors (Lipinski definition) is 0. The van der Waals surface area contributed by atoms with Crippen LogP contribution in [0.3, 0.4) is 0 Å². The molecule has 0 N–H and O–H groups in total. The van der Waals surface area contributed by atoms with Crippen molar-refractivity contribution in [3.8, 4) is 11.4 Å². The lowest BCUT2D eigenvalue weighted by atomic mass is 9.96. The van der Waals surface area contributed by atoms with E-state index in [1.807, 2.05) is 16.8 Å². The predicted octanol–water partition coefficient (Wildman–Crippen LogP) is 2.40. The average molecular weight is 341 g/mol. The van der Waals surface area contributed by atoms with Crippen LogP contribution in [0.2, 0.25) is 0 Å². The van der Waals surface area contributed by atoms with Gasteiger partial charge in [-0.05, 0) is 37.1 Å². The molecule has 22 heavy (non-hydrogen) atoms. The fraction of sp³-hybridized carbons (Fsp3) is 0.571. The first-order valence-corrected chi connectivity index (χ1v) is 9.96. The largest absolute Gasteiger partial charge is 0.339 e. The highest BCUT2D eigenvalue weighted by molar-refractivity contribution is 7.89. The molecule has 0 saturated carbocycles.